The Hall–Kier alpha value is -1.16. The quantitative estimate of drug-likeness (QED) is 0.858. The van der Waals surface area contributed by atoms with Gasteiger partial charge in [-0.15, -0.1) is 0 Å². The molecule has 0 amide bonds. The summed E-state index contributed by atoms with van der Waals surface area (Å²) in [6.45, 7) is 8.59. The van der Waals surface area contributed by atoms with Gasteiger partial charge in [-0.05, 0) is 25.8 Å². The number of rotatable bonds is 4. The summed E-state index contributed by atoms with van der Waals surface area (Å²) in [5, 5.41) is 6.95. The number of aryl methyl sites for hydroxylation is 1. The van der Waals surface area contributed by atoms with Crippen LogP contribution >= 0.6 is 0 Å². The highest BCUT2D eigenvalue weighted by atomic mass is 15.1. The molecule has 2 N–H and O–H groups in total. The molecule has 18 heavy (non-hydrogen) atoms. The number of nitrogens with one attached hydrogen (secondary N) is 2. The van der Waals surface area contributed by atoms with Crippen molar-refractivity contribution in [3.8, 4) is 0 Å². The minimum atomic E-state index is 0.376. The zero-order valence-corrected chi connectivity index (χ0v) is 11.7. The zero-order valence-electron chi connectivity index (χ0n) is 11.7. The molecular formula is C14H24N4. The van der Waals surface area contributed by atoms with Crippen LogP contribution in [0, 0.1) is 0 Å². The highest BCUT2D eigenvalue weighted by molar-refractivity contribution is 5.38. The number of hydrogen-bond acceptors (Lipinski definition) is 4. The van der Waals surface area contributed by atoms with Crippen molar-refractivity contribution in [2.75, 3.05) is 18.4 Å². The highest BCUT2D eigenvalue weighted by Gasteiger charge is 2.14. The monoisotopic (exact) mass is 248 g/mol. The number of aromatic nitrogens is 2. The van der Waals surface area contributed by atoms with Gasteiger partial charge in [0.15, 0.2) is 0 Å². The molecule has 0 radical (unpaired) electrons. The van der Waals surface area contributed by atoms with E-state index >= 15 is 0 Å². The van der Waals surface area contributed by atoms with E-state index in [0.717, 1.165) is 36.8 Å². The fourth-order valence-electron chi connectivity index (χ4n) is 2.22. The summed E-state index contributed by atoms with van der Waals surface area (Å²) in [5.74, 6) is 2.31. The van der Waals surface area contributed by atoms with Crippen LogP contribution in [0.2, 0.25) is 0 Å². The van der Waals surface area contributed by atoms with Crippen molar-refractivity contribution in [3.63, 3.8) is 0 Å². The van der Waals surface area contributed by atoms with Crippen molar-refractivity contribution in [3.05, 3.63) is 17.6 Å². The molecular weight excluding hydrogens is 224 g/mol. The maximum atomic E-state index is 4.62. The molecule has 4 nitrogen and oxygen atoms in total. The summed E-state index contributed by atoms with van der Waals surface area (Å²) in [7, 11) is 0. The Kier molecular flexibility index (Phi) is 4.53. The second-order valence-electron chi connectivity index (χ2n) is 5.30. The SMILES string of the molecule is CCc1cc(NC2CCCNC2)nc(C(C)C)n1. The summed E-state index contributed by atoms with van der Waals surface area (Å²) < 4.78 is 0. The lowest BCUT2D eigenvalue weighted by Gasteiger charge is -2.24. The number of nitrogens with zero attached hydrogens (tertiary/aromatic N) is 2. The third kappa shape index (κ3) is 3.42. The first kappa shape index (κ1) is 13.3. The molecule has 0 aliphatic carbocycles. The van der Waals surface area contributed by atoms with E-state index in [1.54, 1.807) is 0 Å². The molecule has 100 valence electrons. The molecule has 1 atom stereocenters. The summed E-state index contributed by atoms with van der Waals surface area (Å²) >= 11 is 0. The first-order valence-electron chi connectivity index (χ1n) is 7.04. The van der Waals surface area contributed by atoms with Crippen LogP contribution in [-0.2, 0) is 6.42 Å². The first-order valence-corrected chi connectivity index (χ1v) is 7.04. The molecule has 4 heteroatoms. The van der Waals surface area contributed by atoms with Gasteiger partial charge >= 0.3 is 0 Å². The Morgan fingerprint density at radius 2 is 2.28 bits per heavy atom. The lowest BCUT2D eigenvalue weighted by molar-refractivity contribution is 0.478. The number of anilines is 1. The predicted octanol–water partition coefficient (Wildman–Crippen LogP) is 2.33. The fraction of sp³-hybridized carbons (Fsp3) is 0.714. The van der Waals surface area contributed by atoms with Crippen LogP contribution in [0.3, 0.4) is 0 Å². The van der Waals surface area contributed by atoms with E-state index in [4.69, 9.17) is 0 Å². The molecule has 1 aromatic heterocycles. The van der Waals surface area contributed by atoms with Gasteiger partial charge in [-0.3, -0.25) is 0 Å². The Morgan fingerprint density at radius 3 is 2.89 bits per heavy atom. The average molecular weight is 248 g/mol. The number of piperidine rings is 1. The van der Waals surface area contributed by atoms with E-state index in [1.807, 2.05) is 0 Å². The van der Waals surface area contributed by atoms with E-state index in [9.17, 15) is 0 Å². The fourth-order valence-corrected chi connectivity index (χ4v) is 2.22. The Balaban J connectivity index is 2.12. The lowest BCUT2D eigenvalue weighted by Crippen LogP contribution is -2.38. The van der Waals surface area contributed by atoms with Crippen molar-refractivity contribution < 1.29 is 0 Å². The van der Waals surface area contributed by atoms with E-state index < -0.39 is 0 Å². The molecule has 0 aromatic carbocycles. The van der Waals surface area contributed by atoms with Crippen molar-refractivity contribution in [2.45, 2.75) is 52.0 Å². The Bertz CT molecular complexity index is 383. The molecule has 0 bridgehead atoms. The molecule has 1 aromatic rings. The van der Waals surface area contributed by atoms with E-state index in [-0.39, 0.29) is 0 Å². The Labute approximate surface area is 110 Å². The normalized spacial score (nSPS) is 20.1. The van der Waals surface area contributed by atoms with Crippen molar-refractivity contribution in [2.24, 2.45) is 0 Å². The van der Waals surface area contributed by atoms with Crippen LogP contribution in [-0.4, -0.2) is 29.1 Å². The molecule has 2 heterocycles. The molecule has 1 saturated heterocycles. The van der Waals surface area contributed by atoms with Crippen LogP contribution < -0.4 is 10.6 Å². The largest absolute Gasteiger partial charge is 0.366 e. The summed E-state index contributed by atoms with van der Waals surface area (Å²) in [6, 6.07) is 2.58. The van der Waals surface area contributed by atoms with Gasteiger partial charge in [-0.25, -0.2) is 9.97 Å². The second kappa shape index (κ2) is 6.14. The molecule has 0 saturated carbocycles. The minimum Gasteiger partial charge on any atom is -0.366 e. The van der Waals surface area contributed by atoms with E-state index in [2.05, 4.69) is 47.4 Å². The number of hydrogen-bond donors (Lipinski definition) is 2. The average Bonchev–Trinajstić information content (AvgIpc) is 2.39. The van der Waals surface area contributed by atoms with E-state index in [1.165, 1.54) is 12.8 Å². The van der Waals surface area contributed by atoms with Gasteiger partial charge < -0.3 is 10.6 Å². The third-order valence-corrected chi connectivity index (χ3v) is 3.32. The van der Waals surface area contributed by atoms with Crippen LogP contribution in [0.25, 0.3) is 0 Å². The molecule has 1 aliphatic heterocycles. The summed E-state index contributed by atoms with van der Waals surface area (Å²) in [4.78, 5) is 9.20. The molecule has 1 aliphatic rings. The molecule has 1 unspecified atom stereocenters. The maximum Gasteiger partial charge on any atom is 0.133 e. The highest BCUT2D eigenvalue weighted by Crippen LogP contribution is 2.16. The van der Waals surface area contributed by atoms with Crippen LogP contribution in [0.4, 0.5) is 5.82 Å². The maximum absolute atomic E-state index is 4.62. The van der Waals surface area contributed by atoms with Gasteiger partial charge in [0.05, 0.1) is 0 Å². The van der Waals surface area contributed by atoms with Gasteiger partial charge in [0, 0.05) is 30.3 Å². The van der Waals surface area contributed by atoms with Gasteiger partial charge in [0.2, 0.25) is 0 Å². The van der Waals surface area contributed by atoms with Crippen LogP contribution in [0.1, 0.15) is 51.0 Å². The Morgan fingerprint density at radius 1 is 1.44 bits per heavy atom. The molecule has 0 spiro atoms. The van der Waals surface area contributed by atoms with Gasteiger partial charge in [0.25, 0.3) is 0 Å². The summed E-state index contributed by atoms with van der Waals surface area (Å²) in [6.07, 6.45) is 3.41. The van der Waals surface area contributed by atoms with Gasteiger partial charge in [-0.2, -0.15) is 0 Å². The molecule has 2 rings (SSSR count). The smallest absolute Gasteiger partial charge is 0.133 e. The van der Waals surface area contributed by atoms with Gasteiger partial charge in [-0.1, -0.05) is 20.8 Å². The van der Waals surface area contributed by atoms with E-state index in [0.29, 0.717) is 12.0 Å². The second-order valence-corrected chi connectivity index (χ2v) is 5.30. The standard InChI is InChI=1S/C14H24N4/c1-4-11-8-13(18-14(17-11)10(2)3)16-12-6-5-7-15-9-12/h8,10,12,15H,4-7,9H2,1-3H3,(H,16,17,18). The van der Waals surface area contributed by atoms with Crippen LogP contribution in [0.5, 0.6) is 0 Å². The first-order chi connectivity index (χ1) is 8.69. The summed E-state index contributed by atoms with van der Waals surface area (Å²) in [5.41, 5.74) is 1.12. The topological polar surface area (TPSA) is 49.8 Å². The van der Waals surface area contributed by atoms with Crippen molar-refractivity contribution in [1.29, 1.82) is 0 Å². The predicted molar refractivity (Wildman–Crippen MR) is 75.0 cm³/mol. The minimum absolute atomic E-state index is 0.376. The lowest BCUT2D eigenvalue weighted by atomic mass is 10.1. The van der Waals surface area contributed by atoms with Crippen LogP contribution in [0.15, 0.2) is 6.07 Å². The van der Waals surface area contributed by atoms with Crippen molar-refractivity contribution in [1.82, 2.24) is 15.3 Å². The van der Waals surface area contributed by atoms with Crippen molar-refractivity contribution >= 4 is 5.82 Å². The molecule has 1 fully saturated rings. The zero-order chi connectivity index (χ0) is 13.0. The van der Waals surface area contributed by atoms with Gasteiger partial charge in [0.1, 0.15) is 11.6 Å². The third-order valence-electron chi connectivity index (χ3n) is 3.32.